The molecule has 3 N–H and O–H groups in total. The fourth-order valence-electron chi connectivity index (χ4n) is 3.78. The first-order valence-corrected chi connectivity index (χ1v) is 15.2. The Morgan fingerprint density at radius 2 is 1.53 bits per heavy atom. The molecular formula is C28H51NO6P+. The van der Waals surface area contributed by atoms with E-state index in [1.54, 1.807) is 6.92 Å². The van der Waals surface area contributed by atoms with E-state index in [2.05, 4.69) is 12.2 Å². The molecule has 36 heavy (non-hydrogen) atoms. The predicted octanol–water partition coefficient (Wildman–Crippen LogP) is 5.69. The average Bonchev–Trinajstić information content (AvgIpc) is 2.89. The van der Waals surface area contributed by atoms with E-state index in [0.29, 0.717) is 19.4 Å². The van der Waals surface area contributed by atoms with E-state index in [4.69, 9.17) is 18.5 Å². The highest BCUT2D eigenvalue weighted by molar-refractivity contribution is 7.40. The third kappa shape index (κ3) is 18.1. The fourth-order valence-corrected chi connectivity index (χ4v) is 4.44. The van der Waals surface area contributed by atoms with Crippen LogP contribution in [-0.4, -0.2) is 50.4 Å². The molecule has 0 saturated heterocycles. The number of nitrogens with two attached hydrogens (primary N) is 1. The van der Waals surface area contributed by atoms with Gasteiger partial charge in [-0.25, -0.2) is 0 Å². The van der Waals surface area contributed by atoms with E-state index in [9.17, 15) is 9.69 Å². The fraction of sp³-hybridized carbons (Fsp3) is 0.750. The number of unbranched alkanes of at least 4 members (excludes halogenated alkanes) is 9. The minimum Gasteiger partial charge on any atom is -0.494 e. The smallest absolute Gasteiger partial charge is 0.329 e. The molecule has 0 bridgehead atoms. The van der Waals surface area contributed by atoms with Gasteiger partial charge in [-0.3, -0.25) is 4.79 Å². The largest absolute Gasteiger partial charge is 0.494 e. The van der Waals surface area contributed by atoms with Crippen LogP contribution in [0.15, 0.2) is 24.3 Å². The molecule has 0 aromatic heterocycles. The van der Waals surface area contributed by atoms with Crippen LogP contribution in [0, 0.1) is 0 Å². The summed E-state index contributed by atoms with van der Waals surface area (Å²) in [4.78, 5) is 21.8. The van der Waals surface area contributed by atoms with E-state index in [1.807, 2.05) is 31.3 Å². The molecule has 0 fully saturated rings. The van der Waals surface area contributed by atoms with Crippen LogP contribution in [-0.2, 0) is 25.0 Å². The van der Waals surface area contributed by atoms with Crippen LogP contribution < -0.4 is 10.1 Å². The van der Waals surface area contributed by atoms with Crippen molar-refractivity contribution >= 4 is 14.6 Å². The van der Waals surface area contributed by atoms with Gasteiger partial charge in [-0.2, -0.15) is 0 Å². The van der Waals surface area contributed by atoms with Gasteiger partial charge in [0.15, 0.2) is 0 Å². The van der Waals surface area contributed by atoms with Crippen LogP contribution in [0.5, 0.6) is 5.75 Å². The summed E-state index contributed by atoms with van der Waals surface area (Å²) in [6.07, 6.45) is 14.2. The number of rotatable bonds is 24. The van der Waals surface area contributed by atoms with E-state index >= 15 is 0 Å². The number of benzene rings is 1. The molecule has 0 aliphatic rings. The quantitative estimate of drug-likeness (QED) is 0.102. The van der Waals surface area contributed by atoms with Crippen molar-refractivity contribution in [2.75, 3.05) is 33.4 Å². The lowest BCUT2D eigenvalue weighted by atomic mass is 10.1. The van der Waals surface area contributed by atoms with Crippen molar-refractivity contribution in [1.29, 1.82) is 0 Å². The number of quaternary nitrogens is 1. The molecule has 0 radical (unpaired) electrons. The van der Waals surface area contributed by atoms with Crippen LogP contribution >= 0.6 is 8.60 Å². The second-order valence-electron chi connectivity index (χ2n) is 9.26. The number of carbonyl (C=O) groups excluding carboxylic acids is 1. The molecule has 0 spiro atoms. The molecule has 0 aliphatic carbocycles. The van der Waals surface area contributed by atoms with Crippen molar-refractivity contribution in [2.45, 2.75) is 103 Å². The SMILES string of the molecule is CCCCCCCCCCCCOc1ccc(CC(COP(O)OCCC[NH2+]C)OC(=O)CC)cc1. The third-order valence-electron chi connectivity index (χ3n) is 5.95. The Morgan fingerprint density at radius 1 is 0.889 bits per heavy atom. The first kappa shape index (κ1) is 32.8. The summed E-state index contributed by atoms with van der Waals surface area (Å²) in [6.45, 7) is 6.20. The maximum atomic E-state index is 11.8. The summed E-state index contributed by atoms with van der Waals surface area (Å²) in [5.41, 5.74) is 1.01. The van der Waals surface area contributed by atoms with E-state index in [-0.39, 0.29) is 12.6 Å². The predicted molar refractivity (Wildman–Crippen MR) is 146 cm³/mol. The van der Waals surface area contributed by atoms with Gasteiger partial charge in [-0.05, 0) is 24.1 Å². The summed E-state index contributed by atoms with van der Waals surface area (Å²) in [7, 11) is 0.00688. The molecule has 1 aromatic rings. The highest BCUT2D eigenvalue weighted by Gasteiger charge is 2.18. The lowest BCUT2D eigenvalue weighted by Crippen LogP contribution is -2.79. The van der Waals surface area contributed by atoms with Gasteiger partial charge in [0.05, 0.1) is 33.4 Å². The third-order valence-corrected chi connectivity index (χ3v) is 6.72. The van der Waals surface area contributed by atoms with Crippen molar-refractivity contribution in [2.24, 2.45) is 0 Å². The lowest BCUT2D eigenvalue weighted by molar-refractivity contribution is -0.627. The Labute approximate surface area is 220 Å². The molecule has 2 unspecified atom stereocenters. The topological polar surface area (TPSA) is 90.8 Å². The highest BCUT2D eigenvalue weighted by atomic mass is 31.2. The minimum absolute atomic E-state index is 0.0881. The molecule has 0 saturated carbocycles. The standard InChI is InChI=1S/C28H50NO6P/c1-4-6-7-8-9-10-11-12-13-14-21-32-26-18-16-25(17-19-26)23-27(35-28(30)5-2)24-34-36(31)33-22-15-20-29-3/h16-19,27,29,31H,4-15,20-24H2,1-3H3/p+1. The van der Waals surface area contributed by atoms with Crippen molar-refractivity contribution in [3.63, 3.8) is 0 Å². The molecule has 1 aromatic carbocycles. The van der Waals surface area contributed by atoms with Gasteiger partial charge in [-0.15, -0.1) is 0 Å². The number of hydrogen-bond acceptors (Lipinski definition) is 6. The number of hydrogen-bond donors (Lipinski definition) is 2. The normalized spacial score (nSPS) is 12.9. The van der Waals surface area contributed by atoms with Crippen LogP contribution in [0.2, 0.25) is 0 Å². The Morgan fingerprint density at radius 3 is 2.14 bits per heavy atom. The number of esters is 1. The molecule has 2 atom stereocenters. The van der Waals surface area contributed by atoms with Crippen molar-refractivity contribution in [1.82, 2.24) is 0 Å². The molecule has 1 rings (SSSR count). The zero-order valence-electron chi connectivity index (χ0n) is 22.9. The van der Waals surface area contributed by atoms with Gasteiger partial charge < -0.3 is 28.7 Å². The Balaban J connectivity index is 2.29. The Bertz CT molecular complexity index is 645. The van der Waals surface area contributed by atoms with Gasteiger partial charge >= 0.3 is 14.6 Å². The van der Waals surface area contributed by atoms with Crippen molar-refractivity contribution < 1.29 is 33.5 Å². The van der Waals surface area contributed by atoms with E-state index < -0.39 is 14.7 Å². The zero-order chi connectivity index (χ0) is 26.3. The van der Waals surface area contributed by atoms with Crippen LogP contribution in [0.1, 0.15) is 96.5 Å². The summed E-state index contributed by atoms with van der Waals surface area (Å²) in [5.74, 6) is 0.561. The molecular weight excluding hydrogens is 477 g/mol. The monoisotopic (exact) mass is 528 g/mol. The summed E-state index contributed by atoms with van der Waals surface area (Å²) < 4.78 is 22.1. The second-order valence-corrected chi connectivity index (χ2v) is 10.3. The highest BCUT2D eigenvalue weighted by Crippen LogP contribution is 2.33. The van der Waals surface area contributed by atoms with Gasteiger partial charge in [0.2, 0.25) is 0 Å². The van der Waals surface area contributed by atoms with Crippen molar-refractivity contribution in [3.8, 4) is 5.75 Å². The van der Waals surface area contributed by atoms with Gasteiger partial charge in [0.25, 0.3) is 0 Å². The summed E-state index contributed by atoms with van der Waals surface area (Å²) >= 11 is 0. The Kier molecular flexibility index (Phi) is 20.9. The summed E-state index contributed by atoms with van der Waals surface area (Å²) in [5, 5.41) is 2.05. The number of carbonyl (C=O) groups is 1. The molecule has 0 amide bonds. The Hall–Kier alpha value is -1.24. The summed E-state index contributed by atoms with van der Waals surface area (Å²) in [6, 6.07) is 7.89. The van der Waals surface area contributed by atoms with Crippen LogP contribution in [0.4, 0.5) is 0 Å². The minimum atomic E-state index is -1.98. The van der Waals surface area contributed by atoms with Crippen LogP contribution in [0.3, 0.4) is 0 Å². The van der Waals surface area contributed by atoms with Gasteiger partial charge in [0, 0.05) is 19.3 Å². The van der Waals surface area contributed by atoms with E-state index in [0.717, 1.165) is 37.3 Å². The van der Waals surface area contributed by atoms with E-state index in [1.165, 1.54) is 57.8 Å². The molecule has 7 nitrogen and oxygen atoms in total. The zero-order valence-corrected chi connectivity index (χ0v) is 23.8. The second kappa shape index (κ2) is 22.9. The first-order valence-electron chi connectivity index (χ1n) is 14.0. The lowest BCUT2D eigenvalue weighted by Gasteiger charge is -2.19. The maximum absolute atomic E-state index is 11.8. The van der Waals surface area contributed by atoms with Gasteiger partial charge in [0.1, 0.15) is 11.9 Å². The van der Waals surface area contributed by atoms with Gasteiger partial charge in [-0.1, -0.05) is 83.8 Å². The maximum Gasteiger partial charge on any atom is 0.329 e. The molecule has 208 valence electrons. The number of ether oxygens (including phenoxy) is 2. The molecule has 0 heterocycles. The average molecular weight is 529 g/mol. The van der Waals surface area contributed by atoms with Crippen LogP contribution in [0.25, 0.3) is 0 Å². The van der Waals surface area contributed by atoms with Crippen molar-refractivity contribution in [3.05, 3.63) is 29.8 Å². The molecule has 8 heteroatoms. The molecule has 0 aliphatic heterocycles. The first-order chi connectivity index (χ1) is 17.6.